The highest BCUT2D eigenvalue weighted by molar-refractivity contribution is 7.78. The summed E-state index contributed by atoms with van der Waals surface area (Å²) in [5.74, 6) is 0.831. The van der Waals surface area contributed by atoms with Gasteiger partial charge in [0.05, 0.1) is 16.5 Å². The monoisotopic (exact) mass is 192 g/mol. The highest BCUT2D eigenvalue weighted by Gasteiger charge is 2.08. The molecule has 0 atom stereocenters. The van der Waals surface area contributed by atoms with Crippen LogP contribution >= 0.6 is 12.2 Å². The summed E-state index contributed by atoms with van der Waals surface area (Å²) in [6, 6.07) is 5.65. The Balaban J connectivity index is 2.40. The smallest absolute Gasteiger partial charge is 0.144 e. The van der Waals surface area contributed by atoms with Gasteiger partial charge in [0.25, 0.3) is 0 Å². The lowest BCUT2D eigenvalue weighted by Crippen LogP contribution is -2.17. The number of hydrogen-bond donors (Lipinski definition) is 1. The van der Waals surface area contributed by atoms with Crippen molar-refractivity contribution >= 4 is 28.8 Å². The SMILES string of the molecule is S=C=Nc1ccc2c(c1)OCCN2. The molecule has 0 saturated heterocycles. The molecule has 0 spiro atoms. The first kappa shape index (κ1) is 8.23. The maximum Gasteiger partial charge on any atom is 0.144 e. The van der Waals surface area contributed by atoms with E-state index < -0.39 is 0 Å². The van der Waals surface area contributed by atoms with Gasteiger partial charge in [-0.1, -0.05) is 0 Å². The molecule has 1 aliphatic rings. The van der Waals surface area contributed by atoms with Crippen LogP contribution in [0.3, 0.4) is 0 Å². The molecule has 1 aliphatic heterocycles. The minimum Gasteiger partial charge on any atom is -0.490 e. The maximum atomic E-state index is 5.43. The third kappa shape index (κ3) is 1.69. The molecule has 2 rings (SSSR count). The van der Waals surface area contributed by atoms with Gasteiger partial charge in [-0.25, -0.2) is 0 Å². The van der Waals surface area contributed by atoms with Crippen LogP contribution in [0.2, 0.25) is 0 Å². The molecule has 66 valence electrons. The van der Waals surface area contributed by atoms with Crippen molar-refractivity contribution in [2.75, 3.05) is 18.5 Å². The number of nitrogens with zero attached hydrogens (tertiary/aromatic N) is 1. The van der Waals surface area contributed by atoms with Crippen LogP contribution in [0.25, 0.3) is 0 Å². The fourth-order valence-electron chi connectivity index (χ4n) is 1.25. The molecule has 1 N–H and O–H groups in total. The molecule has 0 radical (unpaired) electrons. The van der Waals surface area contributed by atoms with Gasteiger partial charge in [0.2, 0.25) is 0 Å². The van der Waals surface area contributed by atoms with Crippen molar-refractivity contribution in [1.29, 1.82) is 0 Å². The fraction of sp³-hybridized carbons (Fsp3) is 0.222. The number of aliphatic imine (C=N–C) groups is 1. The normalized spacial score (nSPS) is 13.2. The van der Waals surface area contributed by atoms with E-state index in [1.807, 2.05) is 18.2 Å². The largest absolute Gasteiger partial charge is 0.490 e. The number of anilines is 1. The molecule has 1 aromatic carbocycles. The molecule has 13 heavy (non-hydrogen) atoms. The molecule has 0 bridgehead atoms. The molecular weight excluding hydrogens is 184 g/mol. The number of thiocarbonyl (C=S) groups is 1. The topological polar surface area (TPSA) is 33.6 Å². The fourth-order valence-corrected chi connectivity index (χ4v) is 1.35. The van der Waals surface area contributed by atoms with Crippen molar-refractivity contribution < 1.29 is 4.74 Å². The Bertz CT molecular complexity index is 372. The van der Waals surface area contributed by atoms with Crippen molar-refractivity contribution in [3.05, 3.63) is 18.2 Å². The van der Waals surface area contributed by atoms with Crippen molar-refractivity contribution in [3.8, 4) is 5.75 Å². The summed E-state index contributed by atoms with van der Waals surface area (Å²) < 4.78 is 5.43. The zero-order chi connectivity index (χ0) is 9.10. The number of nitrogens with one attached hydrogen (secondary N) is 1. The average molecular weight is 192 g/mol. The van der Waals surface area contributed by atoms with E-state index in [4.69, 9.17) is 4.74 Å². The van der Waals surface area contributed by atoms with Crippen LogP contribution in [-0.4, -0.2) is 18.3 Å². The van der Waals surface area contributed by atoms with E-state index in [-0.39, 0.29) is 0 Å². The van der Waals surface area contributed by atoms with Crippen LogP contribution in [0.5, 0.6) is 5.75 Å². The Labute approximate surface area is 81.4 Å². The molecular formula is C9H8N2OS. The van der Waals surface area contributed by atoms with Crippen molar-refractivity contribution in [2.45, 2.75) is 0 Å². The lowest BCUT2D eigenvalue weighted by molar-refractivity contribution is 0.323. The Morgan fingerprint density at radius 3 is 3.31 bits per heavy atom. The molecule has 0 saturated carbocycles. The average Bonchev–Trinajstić information content (AvgIpc) is 2.18. The first-order chi connectivity index (χ1) is 6.40. The van der Waals surface area contributed by atoms with Gasteiger partial charge in [-0.05, 0) is 24.4 Å². The molecule has 1 heterocycles. The number of isothiocyanates is 1. The van der Waals surface area contributed by atoms with Gasteiger partial charge in [0.1, 0.15) is 12.4 Å². The van der Waals surface area contributed by atoms with E-state index in [1.54, 1.807) is 0 Å². The predicted molar refractivity (Wildman–Crippen MR) is 55.1 cm³/mol. The number of rotatable bonds is 1. The molecule has 0 fully saturated rings. The van der Waals surface area contributed by atoms with Gasteiger partial charge in [0, 0.05) is 12.6 Å². The second kappa shape index (κ2) is 3.56. The second-order valence-electron chi connectivity index (χ2n) is 2.66. The van der Waals surface area contributed by atoms with E-state index >= 15 is 0 Å². The second-order valence-corrected chi connectivity index (χ2v) is 2.84. The summed E-state index contributed by atoms with van der Waals surface area (Å²) in [5.41, 5.74) is 1.78. The summed E-state index contributed by atoms with van der Waals surface area (Å²) in [7, 11) is 0. The van der Waals surface area contributed by atoms with Crippen LogP contribution < -0.4 is 10.1 Å². The van der Waals surface area contributed by atoms with E-state index in [0.29, 0.717) is 6.61 Å². The Kier molecular flexibility index (Phi) is 2.25. The van der Waals surface area contributed by atoms with Crippen LogP contribution in [0.15, 0.2) is 23.2 Å². The van der Waals surface area contributed by atoms with Gasteiger partial charge in [-0.3, -0.25) is 0 Å². The lowest BCUT2D eigenvalue weighted by Gasteiger charge is -2.18. The number of ether oxygens (including phenoxy) is 1. The summed E-state index contributed by atoms with van der Waals surface area (Å²) in [5, 5.41) is 5.54. The van der Waals surface area contributed by atoms with Crippen molar-refractivity contribution in [3.63, 3.8) is 0 Å². The molecule has 0 aliphatic carbocycles. The molecule has 4 heteroatoms. The minimum absolute atomic E-state index is 0.692. The number of benzene rings is 1. The first-order valence-electron chi connectivity index (χ1n) is 3.99. The van der Waals surface area contributed by atoms with E-state index in [1.165, 1.54) is 0 Å². The molecule has 3 nitrogen and oxygen atoms in total. The molecule has 0 aromatic heterocycles. The lowest BCUT2D eigenvalue weighted by atomic mass is 10.2. The Morgan fingerprint density at radius 1 is 1.54 bits per heavy atom. The van der Waals surface area contributed by atoms with Crippen LogP contribution in [0.4, 0.5) is 11.4 Å². The standard InChI is InChI=1S/C9H8N2OS/c13-6-11-7-1-2-8-9(5-7)12-4-3-10-8/h1-2,5,10H,3-4H2. The van der Waals surface area contributed by atoms with Crippen LogP contribution in [-0.2, 0) is 0 Å². The zero-order valence-electron chi connectivity index (χ0n) is 6.91. The summed E-state index contributed by atoms with van der Waals surface area (Å²) in [4.78, 5) is 3.87. The molecule has 0 unspecified atom stereocenters. The summed E-state index contributed by atoms with van der Waals surface area (Å²) >= 11 is 4.52. The number of fused-ring (bicyclic) bond motifs is 1. The van der Waals surface area contributed by atoms with Crippen LogP contribution in [0.1, 0.15) is 0 Å². The van der Waals surface area contributed by atoms with E-state index in [0.717, 1.165) is 23.7 Å². The highest BCUT2D eigenvalue weighted by atomic mass is 32.1. The van der Waals surface area contributed by atoms with Gasteiger partial charge in [-0.15, -0.1) is 0 Å². The third-order valence-corrected chi connectivity index (χ3v) is 1.91. The minimum atomic E-state index is 0.692. The van der Waals surface area contributed by atoms with E-state index in [9.17, 15) is 0 Å². The van der Waals surface area contributed by atoms with Gasteiger partial charge >= 0.3 is 0 Å². The quantitative estimate of drug-likeness (QED) is 0.547. The Hall–Kier alpha value is -1.38. The van der Waals surface area contributed by atoms with Crippen molar-refractivity contribution in [1.82, 2.24) is 0 Å². The van der Waals surface area contributed by atoms with Gasteiger partial charge in [-0.2, -0.15) is 4.99 Å². The third-order valence-electron chi connectivity index (χ3n) is 1.82. The van der Waals surface area contributed by atoms with Gasteiger partial charge < -0.3 is 10.1 Å². The highest BCUT2D eigenvalue weighted by Crippen LogP contribution is 2.30. The van der Waals surface area contributed by atoms with Crippen LogP contribution in [0, 0.1) is 0 Å². The molecule has 0 amide bonds. The van der Waals surface area contributed by atoms with E-state index in [2.05, 4.69) is 27.7 Å². The first-order valence-corrected chi connectivity index (χ1v) is 4.39. The summed E-state index contributed by atoms with van der Waals surface area (Å²) in [6.07, 6.45) is 0. The van der Waals surface area contributed by atoms with Crippen molar-refractivity contribution in [2.24, 2.45) is 4.99 Å². The number of hydrogen-bond acceptors (Lipinski definition) is 4. The predicted octanol–water partition coefficient (Wildman–Crippen LogP) is 2.23. The maximum absolute atomic E-state index is 5.43. The molecule has 1 aromatic rings. The van der Waals surface area contributed by atoms with Gasteiger partial charge in [0.15, 0.2) is 0 Å². The Morgan fingerprint density at radius 2 is 2.46 bits per heavy atom. The summed E-state index contributed by atoms with van der Waals surface area (Å²) in [6.45, 7) is 1.54. The zero-order valence-corrected chi connectivity index (χ0v) is 7.73.